The molecule has 0 unspecified atom stereocenters. The molecular weight excluding hydrogens is 434 g/mol. The lowest BCUT2D eigenvalue weighted by atomic mass is 10.1. The highest BCUT2D eigenvalue weighted by molar-refractivity contribution is 9.10. The molecular formula is C21H24BrN5O2. The van der Waals surface area contributed by atoms with Crippen LogP contribution in [0.5, 0.6) is 0 Å². The van der Waals surface area contributed by atoms with Gasteiger partial charge >= 0.3 is 0 Å². The fraction of sp³-hybridized carbons (Fsp3) is 0.429. The molecule has 1 saturated carbocycles. The highest BCUT2D eigenvalue weighted by Crippen LogP contribution is 2.42. The van der Waals surface area contributed by atoms with Crippen LogP contribution in [-0.4, -0.2) is 39.1 Å². The minimum Gasteiger partial charge on any atom is -0.383 e. The fourth-order valence-corrected chi connectivity index (χ4v) is 3.84. The summed E-state index contributed by atoms with van der Waals surface area (Å²) in [6.45, 7) is 5.14. The number of hydrogen-bond donors (Lipinski definition) is 1. The molecule has 0 radical (unpaired) electrons. The Morgan fingerprint density at radius 2 is 2.10 bits per heavy atom. The van der Waals surface area contributed by atoms with Gasteiger partial charge in [0.1, 0.15) is 11.5 Å². The lowest BCUT2D eigenvalue weighted by Gasteiger charge is -2.19. The Morgan fingerprint density at radius 1 is 1.31 bits per heavy atom. The number of carbonyl (C=O) groups excluding carboxylic acids is 1. The summed E-state index contributed by atoms with van der Waals surface area (Å²) >= 11 is 3.60. The molecule has 2 heterocycles. The molecule has 0 spiro atoms. The maximum atomic E-state index is 12.9. The minimum atomic E-state index is -0.224. The van der Waals surface area contributed by atoms with Crippen molar-refractivity contribution in [1.29, 1.82) is 0 Å². The summed E-state index contributed by atoms with van der Waals surface area (Å²) < 4.78 is 8.52. The second-order valence-electron chi connectivity index (χ2n) is 7.49. The first kappa shape index (κ1) is 20.0. The molecule has 1 fully saturated rings. The summed E-state index contributed by atoms with van der Waals surface area (Å²) in [5.41, 5.74) is 4.18. The average Bonchev–Trinajstić information content (AvgIpc) is 3.49. The summed E-state index contributed by atoms with van der Waals surface area (Å²) in [6.07, 6.45) is 5.26. The summed E-state index contributed by atoms with van der Waals surface area (Å²) in [5, 5.41) is 3.17. The van der Waals surface area contributed by atoms with E-state index >= 15 is 0 Å². The zero-order valence-electron chi connectivity index (χ0n) is 16.8. The van der Waals surface area contributed by atoms with E-state index in [9.17, 15) is 4.79 Å². The molecule has 1 N–H and O–H groups in total. The van der Waals surface area contributed by atoms with Crippen molar-refractivity contribution < 1.29 is 9.53 Å². The van der Waals surface area contributed by atoms with Crippen molar-refractivity contribution in [1.82, 2.24) is 24.8 Å². The number of ether oxygens (including phenoxy) is 1. The van der Waals surface area contributed by atoms with Gasteiger partial charge in [0.15, 0.2) is 0 Å². The normalized spacial score (nSPS) is 14.9. The van der Waals surface area contributed by atoms with Crippen LogP contribution in [0, 0.1) is 19.8 Å². The molecule has 152 valence electrons. The fourth-order valence-electron chi connectivity index (χ4n) is 3.52. The third-order valence-corrected chi connectivity index (χ3v) is 6.19. The largest absolute Gasteiger partial charge is 0.383 e. The molecule has 2 aromatic heterocycles. The summed E-state index contributed by atoms with van der Waals surface area (Å²) in [4.78, 5) is 26.2. The number of amides is 1. The number of carbonyl (C=O) groups is 1. The molecule has 1 atom stereocenters. The van der Waals surface area contributed by atoms with Gasteiger partial charge in [0.25, 0.3) is 5.91 Å². The lowest BCUT2D eigenvalue weighted by molar-refractivity contribution is 0.0922. The van der Waals surface area contributed by atoms with Crippen LogP contribution in [0.15, 0.2) is 29.0 Å². The number of imidazole rings is 1. The standard InChI is InChI=1S/C21H24BrN5O2/c1-12-10-24-16(11-23-12)21(28)26-19(14-4-5-14)20-25-18-13(2)15(22)6-7-17(18)27(20)8-9-29-3/h6-7,10-11,14,19H,4-5,8-9H2,1-3H3,(H,26,28)/t19-/m0/s1. The van der Waals surface area contributed by atoms with E-state index < -0.39 is 0 Å². The molecule has 1 amide bonds. The van der Waals surface area contributed by atoms with Crippen molar-refractivity contribution in [2.45, 2.75) is 39.3 Å². The van der Waals surface area contributed by atoms with Crippen LogP contribution < -0.4 is 5.32 Å². The number of methoxy groups -OCH3 is 1. The summed E-state index contributed by atoms with van der Waals surface area (Å²) in [7, 11) is 1.69. The molecule has 7 nitrogen and oxygen atoms in total. The van der Waals surface area contributed by atoms with E-state index in [0.29, 0.717) is 24.8 Å². The first-order valence-corrected chi connectivity index (χ1v) is 10.5. The zero-order valence-corrected chi connectivity index (χ0v) is 18.4. The first-order valence-electron chi connectivity index (χ1n) is 9.73. The Bertz CT molecular complexity index is 1040. The van der Waals surface area contributed by atoms with Gasteiger partial charge in [-0.15, -0.1) is 0 Å². The number of rotatable bonds is 7. The third kappa shape index (κ3) is 4.04. The predicted octanol–water partition coefficient (Wildman–Crippen LogP) is 3.73. The maximum absolute atomic E-state index is 12.9. The Hall–Kier alpha value is -2.32. The Labute approximate surface area is 178 Å². The average molecular weight is 458 g/mol. The maximum Gasteiger partial charge on any atom is 0.272 e. The lowest BCUT2D eigenvalue weighted by Crippen LogP contribution is -2.32. The number of hydrogen-bond acceptors (Lipinski definition) is 5. The van der Waals surface area contributed by atoms with E-state index in [4.69, 9.17) is 9.72 Å². The van der Waals surface area contributed by atoms with E-state index in [0.717, 1.165) is 45.4 Å². The summed E-state index contributed by atoms with van der Waals surface area (Å²) in [6, 6.07) is 3.93. The van der Waals surface area contributed by atoms with Gasteiger partial charge in [-0.25, -0.2) is 9.97 Å². The van der Waals surface area contributed by atoms with Gasteiger partial charge in [-0.1, -0.05) is 15.9 Å². The number of fused-ring (bicyclic) bond motifs is 1. The zero-order chi connectivity index (χ0) is 20.5. The number of nitrogens with zero attached hydrogens (tertiary/aromatic N) is 4. The highest BCUT2D eigenvalue weighted by atomic mass is 79.9. The van der Waals surface area contributed by atoms with Crippen LogP contribution in [-0.2, 0) is 11.3 Å². The van der Waals surface area contributed by atoms with Crippen LogP contribution in [0.4, 0.5) is 0 Å². The molecule has 0 aliphatic heterocycles. The van der Waals surface area contributed by atoms with Gasteiger partial charge in [-0.3, -0.25) is 9.78 Å². The molecule has 1 aromatic carbocycles. The Balaban J connectivity index is 1.73. The smallest absolute Gasteiger partial charge is 0.272 e. The topological polar surface area (TPSA) is 81.9 Å². The molecule has 29 heavy (non-hydrogen) atoms. The van der Waals surface area contributed by atoms with Crippen LogP contribution in [0.3, 0.4) is 0 Å². The van der Waals surface area contributed by atoms with Gasteiger partial charge in [-0.05, 0) is 50.3 Å². The van der Waals surface area contributed by atoms with Gasteiger partial charge in [0, 0.05) is 24.3 Å². The number of aromatic nitrogens is 4. The van der Waals surface area contributed by atoms with Gasteiger partial charge in [-0.2, -0.15) is 0 Å². The molecule has 1 aliphatic carbocycles. The monoisotopic (exact) mass is 457 g/mol. The first-order chi connectivity index (χ1) is 14.0. The molecule has 8 heteroatoms. The number of nitrogens with one attached hydrogen (secondary N) is 1. The number of halogens is 1. The second kappa shape index (κ2) is 8.20. The Kier molecular flexibility index (Phi) is 5.65. The molecule has 3 aromatic rings. The number of benzene rings is 1. The number of aryl methyl sites for hydroxylation is 2. The third-order valence-electron chi connectivity index (χ3n) is 5.33. The van der Waals surface area contributed by atoms with Crippen LogP contribution in [0.1, 0.15) is 46.5 Å². The predicted molar refractivity (Wildman–Crippen MR) is 114 cm³/mol. The SMILES string of the molecule is COCCn1c([C@@H](NC(=O)c2cnc(C)cn2)C2CC2)nc2c(C)c(Br)ccc21. The van der Waals surface area contributed by atoms with Crippen molar-refractivity contribution in [3.63, 3.8) is 0 Å². The van der Waals surface area contributed by atoms with Crippen LogP contribution >= 0.6 is 15.9 Å². The highest BCUT2D eigenvalue weighted by Gasteiger charge is 2.37. The quantitative estimate of drug-likeness (QED) is 0.584. The van der Waals surface area contributed by atoms with E-state index in [2.05, 4.69) is 48.8 Å². The van der Waals surface area contributed by atoms with Crippen molar-refractivity contribution in [2.75, 3.05) is 13.7 Å². The van der Waals surface area contributed by atoms with Crippen molar-refractivity contribution in [3.05, 3.63) is 51.8 Å². The molecule has 1 aliphatic rings. The minimum absolute atomic E-state index is 0.173. The van der Waals surface area contributed by atoms with Crippen LogP contribution in [0.2, 0.25) is 0 Å². The molecule has 0 bridgehead atoms. The Morgan fingerprint density at radius 3 is 2.76 bits per heavy atom. The van der Waals surface area contributed by atoms with Crippen molar-refractivity contribution in [2.24, 2.45) is 5.92 Å². The van der Waals surface area contributed by atoms with Gasteiger partial charge in [0.2, 0.25) is 0 Å². The van der Waals surface area contributed by atoms with E-state index in [1.807, 2.05) is 13.0 Å². The van der Waals surface area contributed by atoms with E-state index in [-0.39, 0.29) is 11.9 Å². The van der Waals surface area contributed by atoms with Gasteiger partial charge in [0.05, 0.1) is 35.6 Å². The molecule has 4 rings (SSSR count). The second-order valence-corrected chi connectivity index (χ2v) is 8.34. The van der Waals surface area contributed by atoms with Gasteiger partial charge < -0.3 is 14.6 Å². The van der Waals surface area contributed by atoms with Crippen LogP contribution in [0.25, 0.3) is 11.0 Å². The van der Waals surface area contributed by atoms with E-state index in [1.165, 1.54) is 6.20 Å². The molecule has 0 saturated heterocycles. The van der Waals surface area contributed by atoms with Crippen molar-refractivity contribution >= 4 is 32.9 Å². The summed E-state index contributed by atoms with van der Waals surface area (Å²) in [5.74, 6) is 1.02. The van der Waals surface area contributed by atoms with Crippen molar-refractivity contribution in [3.8, 4) is 0 Å². The van der Waals surface area contributed by atoms with E-state index in [1.54, 1.807) is 13.3 Å².